The van der Waals surface area contributed by atoms with Gasteiger partial charge in [-0.1, -0.05) is 29.8 Å². The minimum absolute atomic E-state index is 0.0271. The van der Waals surface area contributed by atoms with Crippen molar-refractivity contribution in [3.63, 3.8) is 0 Å². The van der Waals surface area contributed by atoms with Gasteiger partial charge in [0.05, 0.1) is 4.90 Å². The molecular weight excluding hydrogens is 440 g/mol. The van der Waals surface area contributed by atoms with Crippen molar-refractivity contribution in [2.45, 2.75) is 18.7 Å². The Balaban J connectivity index is 1.74. The Morgan fingerprint density at radius 2 is 1.39 bits per heavy atom. The number of carbonyl (C=O) groups excluding carboxylic acids is 2. The second-order valence-electron chi connectivity index (χ2n) is 7.80. The predicted molar refractivity (Wildman–Crippen MR) is 129 cm³/mol. The molecule has 0 radical (unpaired) electrons. The van der Waals surface area contributed by atoms with E-state index in [1.807, 2.05) is 32.0 Å². The lowest BCUT2D eigenvalue weighted by atomic mass is 10.1. The molecule has 3 aromatic carbocycles. The summed E-state index contributed by atoms with van der Waals surface area (Å²) < 4.78 is 28.3. The van der Waals surface area contributed by atoms with Crippen molar-refractivity contribution < 1.29 is 18.0 Å². The quantitative estimate of drug-likeness (QED) is 0.484. The van der Waals surface area contributed by atoms with E-state index < -0.39 is 21.8 Å². The summed E-state index contributed by atoms with van der Waals surface area (Å²) in [6.07, 6.45) is 0. The van der Waals surface area contributed by atoms with Gasteiger partial charge in [0.1, 0.15) is 0 Å². The molecule has 8 nitrogen and oxygen atoms in total. The molecule has 9 heteroatoms. The zero-order chi connectivity index (χ0) is 24.2. The van der Waals surface area contributed by atoms with Crippen LogP contribution in [0.3, 0.4) is 0 Å². The van der Waals surface area contributed by atoms with Crippen LogP contribution in [0.1, 0.15) is 31.8 Å². The van der Waals surface area contributed by atoms with Gasteiger partial charge in [-0.2, -0.15) is 0 Å². The number of anilines is 2. The smallest absolute Gasteiger partial charge is 0.269 e. The van der Waals surface area contributed by atoms with Crippen molar-refractivity contribution in [1.82, 2.24) is 10.9 Å². The summed E-state index contributed by atoms with van der Waals surface area (Å²) in [4.78, 5) is 26.8. The van der Waals surface area contributed by atoms with Gasteiger partial charge in [-0.05, 0) is 61.9 Å². The number of carbonyl (C=O) groups is 2. The van der Waals surface area contributed by atoms with Gasteiger partial charge in [0.25, 0.3) is 21.8 Å². The van der Waals surface area contributed by atoms with E-state index in [1.54, 1.807) is 55.5 Å². The minimum atomic E-state index is -3.92. The Bertz CT molecular complexity index is 1290. The molecule has 0 spiro atoms. The van der Waals surface area contributed by atoms with Gasteiger partial charge in [-0.3, -0.25) is 25.2 Å². The molecule has 0 aromatic heterocycles. The molecule has 33 heavy (non-hydrogen) atoms. The molecule has 0 heterocycles. The summed E-state index contributed by atoms with van der Waals surface area (Å²) in [5.74, 6) is -1.13. The molecule has 0 saturated heterocycles. The number of hydrazine groups is 1. The third-order valence-electron chi connectivity index (χ3n) is 4.96. The Hall–Kier alpha value is -3.85. The second kappa shape index (κ2) is 9.74. The van der Waals surface area contributed by atoms with Gasteiger partial charge >= 0.3 is 0 Å². The first-order valence-electron chi connectivity index (χ1n) is 10.1. The normalized spacial score (nSPS) is 10.9. The van der Waals surface area contributed by atoms with Crippen molar-refractivity contribution in [3.05, 3.63) is 89.0 Å². The number of sulfonamides is 1. The van der Waals surface area contributed by atoms with E-state index in [0.717, 1.165) is 11.3 Å². The standard InChI is InChI=1S/C24H26N4O4S/c1-16-8-12-20(13-9-16)27-33(31,32)22-15-19(11-10-17(22)2)24(30)26-25-23(29)18-6-5-7-21(14-18)28(3)4/h5-15,27H,1-4H3,(H,25,29)(H,26,30). The molecule has 0 saturated carbocycles. The van der Waals surface area contributed by atoms with Gasteiger partial charge in [-0.15, -0.1) is 0 Å². The fourth-order valence-electron chi connectivity index (χ4n) is 3.05. The summed E-state index contributed by atoms with van der Waals surface area (Å²) >= 11 is 0. The van der Waals surface area contributed by atoms with E-state index in [9.17, 15) is 18.0 Å². The molecule has 3 rings (SSSR count). The highest BCUT2D eigenvalue weighted by Gasteiger charge is 2.20. The molecule has 3 N–H and O–H groups in total. The molecular formula is C24H26N4O4S. The van der Waals surface area contributed by atoms with E-state index >= 15 is 0 Å². The number of nitrogens with one attached hydrogen (secondary N) is 3. The Labute approximate surface area is 193 Å². The largest absolute Gasteiger partial charge is 0.378 e. The number of hydrogen-bond acceptors (Lipinski definition) is 5. The van der Waals surface area contributed by atoms with Crippen molar-refractivity contribution in [3.8, 4) is 0 Å². The van der Waals surface area contributed by atoms with Crippen LogP contribution in [0, 0.1) is 13.8 Å². The van der Waals surface area contributed by atoms with Crippen LogP contribution in [0.15, 0.2) is 71.6 Å². The Morgan fingerprint density at radius 1 is 0.788 bits per heavy atom. The number of hydrogen-bond donors (Lipinski definition) is 3. The molecule has 0 fully saturated rings. The SMILES string of the molecule is Cc1ccc(NS(=O)(=O)c2cc(C(=O)NNC(=O)c3cccc(N(C)C)c3)ccc2C)cc1. The average Bonchev–Trinajstić information content (AvgIpc) is 2.78. The topological polar surface area (TPSA) is 108 Å². The lowest BCUT2D eigenvalue weighted by molar-refractivity contribution is 0.0846. The first-order valence-corrected chi connectivity index (χ1v) is 11.6. The summed E-state index contributed by atoms with van der Waals surface area (Å²) in [5.41, 5.74) is 7.89. The number of amides is 2. The first-order chi connectivity index (χ1) is 15.6. The van der Waals surface area contributed by atoms with E-state index in [-0.39, 0.29) is 10.5 Å². The minimum Gasteiger partial charge on any atom is -0.378 e. The zero-order valence-electron chi connectivity index (χ0n) is 18.8. The van der Waals surface area contributed by atoms with E-state index in [2.05, 4.69) is 15.6 Å². The summed E-state index contributed by atoms with van der Waals surface area (Å²) in [6, 6.07) is 18.2. The highest BCUT2D eigenvalue weighted by molar-refractivity contribution is 7.92. The van der Waals surface area contributed by atoms with E-state index in [0.29, 0.717) is 16.8 Å². The first kappa shape index (κ1) is 23.8. The van der Waals surface area contributed by atoms with Crippen LogP contribution in [0.4, 0.5) is 11.4 Å². The molecule has 0 aliphatic carbocycles. The number of rotatable bonds is 6. The van der Waals surface area contributed by atoms with Crippen molar-refractivity contribution in [1.29, 1.82) is 0 Å². The van der Waals surface area contributed by atoms with Crippen LogP contribution < -0.4 is 20.5 Å². The molecule has 3 aromatic rings. The lowest BCUT2D eigenvalue weighted by Gasteiger charge is -2.14. The number of nitrogens with zero attached hydrogens (tertiary/aromatic N) is 1. The van der Waals surface area contributed by atoms with Crippen molar-refractivity contribution in [2.75, 3.05) is 23.7 Å². The summed E-state index contributed by atoms with van der Waals surface area (Å²) in [7, 11) is -0.209. The third kappa shape index (κ3) is 5.89. The molecule has 0 unspecified atom stereocenters. The fraction of sp³-hybridized carbons (Fsp3) is 0.167. The summed E-state index contributed by atoms with van der Waals surface area (Å²) in [5, 5.41) is 0. The fourth-order valence-corrected chi connectivity index (χ4v) is 4.38. The monoisotopic (exact) mass is 466 g/mol. The number of benzene rings is 3. The highest BCUT2D eigenvalue weighted by atomic mass is 32.2. The maximum absolute atomic E-state index is 12.9. The maximum Gasteiger partial charge on any atom is 0.269 e. The Kier molecular flexibility index (Phi) is 7.03. The molecule has 0 aliphatic heterocycles. The van der Waals surface area contributed by atoms with Crippen LogP contribution in [0.5, 0.6) is 0 Å². The molecule has 172 valence electrons. The van der Waals surface area contributed by atoms with Crippen LogP contribution in [-0.2, 0) is 10.0 Å². The molecule has 0 bridgehead atoms. The van der Waals surface area contributed by atoms with E-state index in [1.165, 1.54) is 12.1 Å². The van der Waals surface area contributed by atoms with E-state index in [4.69, 9.17) is 0 Å². The van der Waals surface area contributed by atoms with Crippen molar-refractivity contribution in [2.24, 2.45) is 0 Å². The van der Waals surface area contributed by atoms with Gasteiger partial charge in [-0.25, -0.2) is 8.42 Å². The van der Waals surface area contributed by atoms with Gasteiger partial charge in [0.15, 0.2) is 0 Å². The lowest BCUT2D eigenvalue weighted by Crippen LogP contribution is -2.41. The van der Waals surface area contributed by atoms with Crippen molar-refractivity contribution >= 4 is 33.2 Å². The van der Waals surface area contributed by atoms with Crippen LogP contribution in [-0.4, -0.2) is 34.3 Å². The molecule has 0 atom stereocenters. The third-order valence-corrected chi connectivity index (χ3v) is 6.48. The van der Waals surface area contributed by atoms with Crippen LogP contribution >= 0.6 is 0 Å². The Morgan fingerprint density at radius 3 is 2.00 bits per heavy atom. The van der Waals surface area contributed by atoms with Gasteiger partial charge < -0.3 is 4.90 Å². The summed E-state index contributed by atoms with van der Waals surface area (Å²) in [6.45, 7) is 3.55. The zero-order valence-corrected chi connectivity index (χ0v) is 19.7. The van der Waals surface area contributed by atoms with Gasteiger partial charge in [0, 0.05) is 36.6 Å². The predicted octanol–water partition coefficient (Wildman–Crippen LogP) is 3.25. The van der Waals surface area contributed by atoms with Crippen LogP contribution in [0.2, 0.25) is 0 Å². The van der Waals surface area contributed by atoms with Crippen LogP contribution in [0.25, 0.3) is 0 Å². The van der Waals surface area contributed by atoms with Gasteiger partial charge in [0.2, 0.25) is 0 Å². The highest BCUT2D eigenvalue weighted by Crippen LogP contribution is 2.21. The number of aryl methyl sites for hydroxylation is 2. The second-order valence-corrected chi connectivity index (χ2v) is 9.46. The molecule has 0 aliphatic rings. The molecule has 2 amide bonds. The maximum atomic E-state index is 12.9. The average molecular weight is 467 g/mol.